The first-order chi connectivity index (χ1) is 12.5. The van der Waals surface area contributed by atoms with E-state index in [1.54, 1.807) is 13.2 Å². The summed E-state index contributed by atoms with van der Waals surface area (Å²) in [5.41, 5.74) is -0.724. The molecule has 0 bridgehead atoms. The zero-order valence-corrected chi connectivity index (χ0v) is 14.5. The summed E-state index contributed by atoms with van der Waals surface area (Å²) in [5.74, 6) is 0.793. The van der Waals surface area contributed by atoms with E-state index in [0.29, 0.717) is 19.0 Å². The Morgan fingerprint density at radius 3 is 2.73 bits per heavy atom. The highest BCUT2D eigenvalue weighted by Crippen LogP contribution is 2.31. The van der Waals surface area contributed by atoms with Gasteiger partial charge in [-0.3, -0.25) is 9.67 Å². The van der Waals surface area contributed by atoms with E-state index in [2.05, 4.69) is 20.7 Å². The van der Waals surface area contributed by atoms with E-state index >= 15 is 0 Å². The van der Waals surface area contributed by atoms with Gasteiger partial charge >= 0.3 is 6.18 Å². The molecule has 0 amide bonds. The first kappa shape index (κ1) is 19.6. The SMILES string of the molecule is CN=C(NCCCn1cccn1)NCCOc1cccc(C(F)(F)F)c1. The molecule has 1 heterocycles. The Balaban J connectivity index is 1.64. The third-order valence-electron chi connectivity index (χ3n) is 3.46. The Kier molecular flexibility index (Phi) is 7.31. The van der Waals surface area contributed by atoms with Crippen LogP contribution in [0.5, 0.6) is 5.75 Å². The van der Waals surface area contributed by atoms with Crippen molar-refractivity contribution in [2.75, 3.05) is 26.7 Å². The Labute approximate surface area is 150 Å². The fourth-order valence-electron chi connectivity index (χ4n) is 2.20. The van der Waals surface area contributed by atoms with E-state index in [0.717, 1.165) is 25.1 Å². The van der Waals surface area contributed by atoms with Crippen LogP contribution in [-0.4, -0.2) is 42.5 Å². The lowest BCUT2D eigenvalue weighted by Crippen LogP contribution is -2.39. The fraction of sp³-hybridized carbons (Fsp3) is 0.412. The van der Waals surface area contributed by atoms with Crippen molar-refractivity contribution in [3.63, 3.8) is 0 Å². The third kappa shape index (κ3) is 6.66. The Bertz CT molecular complexity index is 686. The number of nitrogens with zero attached hydrogens (tertiary/aromatic N) is 3. The lowest BCUT2D eigenvalue weighted by Gasteiger charge is -2.13. The summed E-state index contributed by atoms with van der Waals surface area (Å²) in [6.45, 7) is 2.15. The number of ether oxygens (including phenoxy) is 1. The van der Waals surface area contributed by atoms with Crippen molar-refractivity contribution in [2.24, 2.45) is 4.99 Å². The average Bonchev–Trinajstić information content (AvgIpc) is 3.13. The molecular formula is C17H22F3N5O. The zero-order valence-electron chi connectivity index (χ0n) is 14.5. The molecule has 0 aliphatic rings. The maximum atomic E-state index is 12.6. The van der Waals surface area contributed by atoms with Gasteiger partial charge in [-0.15, -0.1) is 0 Å². The minimum absolute atomic E-state index is 0.184. The first-order valence-corrected chi connectivity index (χ1v) is 8.21. The zero-order chi connectivity index (χ0) is 18.8. The van der Waals surface area contributed by atoms with Gasteiger partial charge in [0.25, 0.3) is 0 Å². The quantitative estimate of drug-likeness (QED) is 0.426. The largest absolute Gasteiger partial charge is 0.492 e. The molecule has 0 atom stereocenters. The number of hydrogen-bond acceptors (Lipinski definition) is 3. The number of aromatic nitrogens is 2. The van der Waals surface area contributed by atoms with Gasteiger partial charge in [0, 0.05) is 32.5 Å². The lowest BCUT2D eigenvalue weighted by molar-refractivity contribution is -0.137. The molecule has 9 heteroatoms. The molecule has 26 heavy (non-hydrogen) atoms. The molecule has 0 saturated carbocycles. The monoisotopic (exact) mass is 369 g/mol. The summed E-state index contributed by atoms with van der Waals surface area (Å²) in [7, 11) is 1.65. The molecule has 0 aliphatic carbocycles. The van der Waals surface area contributed by atoms with Gasteiger partial charge in [0.2, 0.25) is 0 Å². The number of alkyl halides is 3. The van der Waals surface area contributed by atoms with Crippen LogP contribution in [0.2, 0.25) is 0 Å². The molecule has 1 aromatic heterocycles. The van der Waals surface area contributed by atoms with E-state index in [4.69, 9.17) is 4.74 Å². The van der Waals surface area contributed by atoms with E-state index < -0.39 is 11.7 Å². The normalized spacial score (nSPS) is 12.1. The minimum atomic E-state index is -4.38. The van der Waals surface area contributed by atoms with Crippen LogP contribution in [0.1, 0.15) is 12.0 Å². The Hall–Kier alpha value is -2.71. The number of aliphatic imine (C=N–C) groups is 1. The van der Waals surface area contributed by atoms with Gasteiger partial charge in [-0.2, -0.15) is 18.3 Å². The van der Waals surface area contributed by atoms with Crippen molar-refractivity contribution >= 4 is 5.96 Å². The molecular weight excluding hydrogens is 347 g/mol. The van der Waals surface area contributed by atoms with Crippen LogP contribution in [0.3, 0.4) is 0 Å². The number of hydrogen-bond donors (Lipinski definition) is 2. The number of halogens is 3. The van der Waals surface area contributed by atoms with Crippen molar-refractivity contribution in [1.29, 1.82) is 0 Å². The standard InChI is InChI=1S/C17H22F3N5O/c1-21-16(22-7-3-10-25-11-4-8-24-25)23-9-12-26-15-6-2-5-14(13-15)17(18,19)20/h2,4-6,8,11,13H,3,7,9-10,12H2,1H3,(H2,21,22,23). The second-order valence-corrected chi connectivity index (χ2v) is 5.42. The van der Waals surface area contributed by atoms with Crippen LogP contribution in [-0.2, 0) is 12.7 Å². The van der Waals surface area contributed by atoms with Crippen LogP contribution in [0, 0.1) is 0 Å². The summed E-state index contributed by atoms with van der Waals surface area (Å²) in [5, 5.41) is 10.3. The van der Waals surface area contributed by atoms with Gasteiger partial charge in [-0.1, -0.05) is 6.07 Å². The number of rotatable bonds is 8. The van der Waals surface area contributed by atoms with Gasteiger partial charge in [0.05, 0.1) is 12.1 Å². The van der Waals surface area contributed by atoms with Crippen LogP contribution in [0.15, 0.2) is 47.7 Å². The highest BCUT2D eigenvalue weighted by molar-refractivity contribution is 5.79. The molecule has 0 radical (unpaired) electrons. The van der Waals surface area contributed by atoms with Crippen molar-refractivity contribution in [3.8, 4) is 5.75 Å². The summed E-state index contributed by atoms with van der Waals surface area (Å²) >= 11 is 0. The van der Waals surface area contributed by atoms with Crippen molar-refractivity contribution in [1.82, 2.24) is 20.4 Å². The highest BCUT2D eigenvalue weighted by Gasteiger charge is 2.30. The lowest BCUT2D eigenvalue weighted by atomic mass is 10.2. The highest BCUT2D eigenvalue weighted by atomic mass is 19.4. The van der Waals surface area contributed by atoms with Gasteiger partial charge in [-0.05, 0) is 30.7 Å². The molecule has 142 valence electrons. The summed E-state index contributed by atoms with van der Waals surface area (Å²) in [4.78, 5) is 4.08. The van der Waals surface area contributed by atoms with Crippen LogP contribution < -0.4 is 15.4 Å². The molecule has 0 saturated heterocycles. The fourth-order valence-corrected chi connectivity index (χ4v) is 2.20. The van der Waals surface area contributed by atoms with E-state index in [-0.39, 0.29) is 12.4 Å². The number of benzene rings is 1. The molecule has 2 N–H and O–H groups in total. The first-order valence-electron chi connectivity index (χ1n) is 8.21. The van der Waals surface area contributed by atoms with Crippen molar-refractivity contribution < 1.29 is 17.9 Å². The van der Waals surface area contributed by atoms with Crippen LogP contribution >= 0.6 is 0 Å². The number of aryl methyl sites for hydroxylation is 1. The van der Waals surface area contributed by atoms with Gasteiger partial charge in [0.15, 0.2) is 5.96 Å². The molecule has 0 aliphatic heterocycles. The Morgan fingerprint density at radius 2 is 2.04 bits per heavy atom. The second-order valence-electron chi connectivity index (χ2n) is 5.42. The molecule has 0 unspecified atom stereocenters. The molecule has 0 spiro atoms. The smallest absolute Gasteiger partial charge is 0.416 e. The predicted octanol–water partition coefficient (Wildman–Crippen LogP) is 2.54. The second kappa shape index (κ2) is 9.69. The molecule has 1 aromatic carbocycles. The van der Waals surface area contributed by atoms with Crippen LogP contribution in [0.4, 0.5) is 13.2 Å². The molecule has 2 rings (SSSR count). The van der Waals surface area contributed by atoms with E-state index in [9.17, 15) is 13.2 Å². The predicted molar refractivity (Wildman–Crippen MR) is 93.1 cm³/mol. The van der Waals surface area contributed by atoms with Crippen molar-refractivity contribution in [2.45, 2.75) is 19.1 Å². The molecule has 2 aromatic rings. The number of guanidine groups is 1. The topological polar surface area (TPSA) is 63.5 Å². The third-order valence-corrected chi connectivity index (χ3v) is 3.46. The summed E-state index contributed by atoms with van der Waals surface area (Å²) in [6.07, 6.45) is 0.138. The van der Waals surface area contributed by atoms with Crippen LogP contribution in [0.25, 0.3) is 0 Å². The minimum Gasteiger partial charge on any atom is -0.492 e. The maximum Gasteiger partial charge on any atom is 0.416 e. The average molecular weight is 369 g/mol. The summed E-state index contributed by atoms with van der Waals surface area (Å²) < 4.78 is 45.1. The Morgan fingerprint density at radius 1 is 1.23 bits per heavy atom. The summed E-state index contributed by atoms with van der Waals surface area (Å²) in [6, 6.07) is 6.70. The van der Waals surface area contributed by atoms with Gasteiger partial charge < -0.3 is 15.4 Å². The van der Waals surface area contributed by atoms with E-state index in [1.807, 2.05) is 16.9 Å². The molecule has 6 nitrogen and oxygen atoms in total. The van der Waals surface area contributed by atoms with Gasteiger partial charge in [-0.25, -0.2) is 0 Å². The molecule has 0 fully saturated rings. The van der Waals surface area contributed by atoms with Gasteiger partial charge in [0.1, 0.15) is 12.4 Å². The van der Waals surface area contributed by atoms with Crippen molar-refractivity contribution in [3.05, 3.63) is 48.3 Å². The number of nitrogens with one attached hydrogen (secondary N) is 2. The maximum absolute atomic E-state index is 12.6. The van der Waals surface area contributed by atoms with E-state index in [1.165, 1.54) is 12.1 Å².